The minimum absolute atomic E-state index is 0.261. The molecule has 96 heavy (non-hydrogen) atoms. The number of rotatable bonds is 9. The first kappa shape index (κ1) is 54.4. The molecule has 20 rings (SSSR count). The number of hydrogen-bond donors (Lipinski definition) is 0. The fraction of sp³-hybridized carbons (Fsp3) is 0. The van der Waals surface area contributed by atoms with E-state index in [1.807, 2.05) is 11.3 Å². The molecule has 4 nitrogen and oxygen atoms in total. The van der Waals surface area contributed by atoms with E-state index in [1.54, 1.807) is 0 Å². The van der Waals surface area contributed by atoms with Gasteiger partial charge in [0.15, 0.2) is 0 Å². The third kappa shape index (κ3) is 8.42. The highest BCUT2D eigenvalue weighted by Crippen LogP contribution is 2.55. The van der Waals surface area contributed by atoms with Crippen LogP contribution in [0.15, 0.2) is 344 Å². The predicted molar refractivity (Wildman–Crippen MR) is 408 cm³/mol. The highest BCUT2D eigenvalue weighted by atomic mass is 32.1. The zero-order valence-electron chi connectivity index (χ0n) is 52.1. The van der Waals surface area contributed by atoms with Gasteiger partial charge < -0.3 is 18.8 Å². The molecule has 2 aliphatic rings. The summed E-state index contributed by atoms with van der Waals surface area (Å²) in [6.07, 6.45) is 0. The van der Waals surface area contributed by atoms with E-state index in [0.717, 1.165) is 140 Å². The number of anilines is 6. The monoisotopic (exact) mass is 1240 g/mol. The van der Waals surface area contributed by atoms with Crippen LogP contribution in [-0.2, 0) is 0 Å². The summed E-state index contributed by atoms with van der Waals surface area (Å²) in [4.78, 5) is 5.34. The maximum atomic E-state index is 6.49. The third-order valence-corrected chi connectivity index (χ3v) is 21.3. The minimum atomic E-state index is -0.261. The topological polar surface area (TPSA) is 24.6 Å². The lowest BCUT2D eigenvalue weighted by Gasteiger charge is -2.46. The summed E-state index contributed by atoms with van der Waals surface area (Å²) in [6.45, 7) is -0.261. The number of hydrogen-bond acceptors (Lipinski definition) is 4. The van der Waals surface area contributed by atoms with Crippen molar-refractivity contribution in [3.8, 4) is 72.4 Å². The maximum absolute atomic E-state index is 6.49. The van der Waals surface area contributed by atoms with Gasteiger partial charge in [0, 0.05) is 92.4 Å². The number of benzene rings is 15. The molecule has 0 fully saturated rings. The second-order valence-electron chi connectivity index (χ2n) is 25.4. The van der Waals surface area contributed by atoms with Crippen LogP contribution in [0, 0.1) is 0 Å². The Bertz CT molecular complexity index is 6000. The van der Waals surface area contributed by atoms with E-state index in [-0.39, 0.29) is 6.71 Å². The second kappa shape index (κ2) is 21.7. The standard InChI is InChI=1S/C90H56BN3OS/c1-5-23-57(24-6-1)66-35-21-36-67(58-25-7-2-8-26-58)89(66)93-80-48-43-63(61-44-49-85-74(51-61)72-33-15-19-41-84(72)95-85)53-77(80)91-76-47-46-65(92-78-39-17-13-31-70(78)71-32-14-18-40-79(71)92)56-81(76)94(90-68(59-27-9-3-10-28-59)37-22-38-69(90)60-29-11-4-12-30-60)83-55-64(54-82(93)88(83)91)62-45-50-87-75(52-62)73-34-16-20-42-86(73)96-87/h1-56H. The third-order valence-electron chi connectivity index (χ3n) is 20.2. The van der Waals surface area contributed by atoms with E-state index < -0.39 is 0 Å². The van der Waals surface area contributed by atoms with E-state index >= 15 is 0 Å². The molecule has 3 aromatic heterocycles. The Morgan fingerprint density at radius 1 is 0.260 bits per heavy atom. The molecule has 446 valence electrons. The number of thiophene rings is 1. The first-order chi connectivity index (χ1) is 47.6. The van der Waals surface area contributed by atoms with Crippen molar-refractivity contribution in [2.75, 3.05) is 9.80 Å². The summed E-state index contributed by atoms with van der Waals surface area (Å²) < 4.78 is 11.5. The summed E-state index contributed by atoms with van der Waals surface area (Å²) in [5, 5.41) is 7.18. The van der Waals surface area contributed by atoms with Gasteiger partial charge in [-0.2, -0.15) is 0 Å². The molecule has 0 unspecified atom stereocenters. The van der Waals surface area contributed by atoms with E-state index in [4.69, 9.17) is 4.42 Å². The fourth-order valence-corrected chi connectivity index (χ4v) is 17.0. The average molecular weight is 1240 g/mol. The highest BCUT2D eigenvalue weighted by molar-refractivity contribution is 7.25. The normalized spacial score (nSPS) is 12.5. The molecule has 5 heterocycles. The van der Waals surface area contributed by atoms with Crippen LogP contribution in [0.25, 0.3) is 136 Å². The lowest BCUT2D eigenvalue weighted by Crippen LogP contribution is -2.61. The van der Waals surface area contributed by atoms with Crippen molar-refractivity contribution >= 4 is 132 Å². The molecule has 0 aliphatic carbocycles. The van der Waals surface area contributed by atoms with Crippen molar-refractivity contribution in [3.63, 3.8) is 0 Å². The molecule has 0 radical (unpaired) electrons. The van der Waals surface area contributed by atoms with Gasteiger partial charge in [-0.15, -0.1) is 11.3 Å². The van der Waals surface area contributed by atoms with Crippen molar-refractivity contribution < 1.29 is 4.42 Å². The summed E-state index contributed by atoms with van der Waals surface area (Å²) >= 11 is 1.86. The molecule has 2 aliphatic heterocycles. The Hall–Kier alpha value is -12.2. The van der Waals surface area contributed by atoms with Crippen LogP contribution >= 0.6 is 11.3 Å². The van der Waals surface area contributed by atoms with E-state index in [1.165, 1.54) is 47.3 Å². The first-order valence-corrected chi connectivity index (χ1v) is 33.8. The molecule has 0 N–H and O–H groups in total. The van der Waals surface area contributed by atoms with Crippen LogP contribution in [0.4, 0.5) is 34.1 Å². The van der Waals surface area contributed by atoms with Gasteiger partial charge in [-0.1, -0.05) is 261 Å². The van der Waals surface area contributed by atoms with Gasteiger partial charge >= 0.3 is 0 Å². The number of aromatic nitrogens is 1. The molecule has 15 aromatic carbocycles. The van der Waals surface area contributed by atoms with Crippen molar-refractivity contribution in [1.29, 1.82) is 0 Å². The van der Waals surface area contributed by atoms with Gasteiger partial charge in [-0.05, 0) is 140 Å². The molecule has 6 heteroatoms. The van der Waals surface area contributed by atoms with Gasteiger partial charge in [0.2, 0.25) is 0 Å². The second-order valence-corrected chi connectivity index (χ2v) is 26.5. The van der Waals surface area contributed by atoms with Gasteiger partial charge in [0.1, 0.15) is 11.2 Å². The smallest absolute Gasteiger partial charge is 0.252 e. The quantitative estimate of drug-likeness (QED) is 0.135. The lowest BCUT2D eigenvalue weighted by molar-refractivity contribution is 0.669. The van der Waals surface area contributed by atoms with Gasteiger partial charge in [-0.3, -0.25) is 0 Å². The Kier molecular flexibility index (Phi) is 12.3. The number of fused-ring (bicyclic) bond motifs is 13. The predicted octanol–water partition coefficient (Wildman–Crippen LogP) is 23.1. The molecule has 0 saturated heterocycles. The Morgan fingerprint density at radius 2 is 0.719 bits per heavy atom. The zero-order valence-corrected chi connectivity index (χ0v) is 52.9. The van der Waals surface area contributed by atoms with E-state index in [0.29, 0.717) is 0 Å². The number of nitrogens with zero attached hydrogens (tertiary/aromatic N) is 3. The molecule has 0 spiro atoms. The summed E-state index contributed by atoms with van der Waals surface area (Å²) in [5.74, 6) is 0. The zero-order chi connectivity index (χ0) is 63.0. The van der Waals surface area contributed by atoms with Crippen LogP contribution in [0.3, 0.4) is 0 Å². The van der Waals surface area contributed by atoms with Crippen LogP contribution in [0.2, 0.25) is 0 Å². The summed E-state index contributed by atoms with van der Waals surface area (Å²) in [7, 11) is 0. The molecule has 0 amide bonds. The van der Waals surface area contributed by atoms with Gasteiger partial charge in [0.05, 0.1) is 22.4 Å². The number of furan rings is 1. The van der Waals surface area contributed by atoms with Crippen molar-refractivity contribution in [1.82, 2.24) is 4.57 Å². The summed E-state index contributed by atoms with van der Waals surface area (Å²) in [5.41, 5.74) is 29.1. The Morgan fingerprint density at radius 3 is 1.32 bits per heavy atom. The maximum Gasteiger partial charge on any atom is 0.252 e. The van der Waals surface area contributed by atoms with E-state index in [2.05, 4.69) is 354 Å². The largest absolute Gasteiger partial charge is 0.456 e. The SMILES string of the molecule is c1ccc(-c2cccc(-c3ccccc3)c2N2c3ccc(-c4ccc5oc6ccccc6c5c4)cc3B3c4ccc(-n5c6ccccc6c6ccccc65)cc4N(c4c(-c5ccccc5)cccc4-c4ccccc4)c4cc(-c5ccc6sc7ccccc7c6c5)cc2c43)cc1. The first-order valence-electron chi connectivity index (χ1n) is 33.0. The van der Waals surface area contributed by atoms with Crippen molar-refractivity contribution in [2.45, 2.75) is 0 Å². The Balaban J connectivity index is 0.961. The summed E-state index contributed by atoms with van der Waals surface area (Å²) in [6, 6.07) is 127. The molecule has 0 saturated carbocycles. The van der Waals surface area contributed by atoms with Crippen LogP contribution in [0.1, 0.15) is 0 Å². The molecular formula is C90H56BN3OS. The number of para-hydroxylation sites is 5. The van der Waals surface area contributed by atoms with Gasteiger partial charge in [-0.25, -0.2) is 0 Å². The van der Waals surface area contributed by atoms with Crippen LogP contribution in [0.5, 0.6) is 0 Å². The minimum Gasteiger partial charge on any atom is -0.456 e. The van der Waals surface area contributed by atoms with Crippen molar-refractivity contribution in [2.24, 2.45) is 0 Å². The Labute approximate surface area is 559 Å². The van der Waals surface area contributed by atoms with Crippen LogP contribution < -0.4 is 26.2 Å². The molecular weight excluding hydrogens is 1180 g/mol. The van der Waals surface area contributed by atoms with Crippen molar-refractivity contribution in [3.05, 3.63) is 340 Å². The molecule has 0 bridgehead atoms. The molecule has 0 atom stereocenters. The van der Waals surface area contributed by atoms with Gasteiger partial charge in [0.25, 0.3) is 6.71 Å². The van der Waals surface area contributed by atoms with E-state index in [9.17, 15) is 0 Å². The average Bonchev–Trinajstić information content (AvgIpc) is 0.824. The molecule has 18 aromatic rings. The fourth-order valence-electron chi connectivity index (χ4n) is 15.9. The lowest BCUT2D eigenvalue weighted by atomic mass is 9.33. The highest BCUT2D eigenvalue weighted by Gasteiger charge is 2.46. The van der Waals surface area contributed by atoms with Crippen LogP contribution in [-0.4, -0.2) is 11.3 Å².